The van der Waals surface area contributed by atoms with E-state index in [4.69, 9.17) is 0 Å². The summed E-state index contributed by atoms with van der Waals surface area (Å²) < 4.78 is 0. The molecule has 4 nitrogen and oxygen atoms in total. The number of aliphatic hydroxyl groups is 1. The number of ketones is 1. The van der Waals surface area contributed by atoms with E-state index in [9.17, 15) is 14.7 Å². The van der Waals surface area contributed by atoms with Gasteiger partial charge in [0.05, 0.1) is 12.6 Å². The summed E-state index contributed by atoms with van der Waals surface area (Å²) >= 11 is 0. The molecule has 1 amide bonds. The van der Waals surface area contributed by atoms with Gasteiger partial charge in [0.15, 0.2) is 5.78 Å². The highest BCUT2D eigenvalue weighted by molar-refractivity contribution is 5.99. The number of carbonyl (C=O) groups excluding carboxylic acids is 2. The molecule has 126 valence electrons. The summed E-state index contributed by atoms with van der Waals surface area (Å²) in [6, 6.07) is 14.6. The van der Waals surface area contributed by atoms with Crippen molar-refractivity contribution in [2.45, 2.75) is 32.7 Å². The summed E-state index contributed by atoms with van der Waals surface area (Å²) in [5.41, 5.74) is 3.46. The quantitative estimate of drug-likeness (QED) is 0.769. The van der Waals surface area contributed by atoms with Crippen LogP contribution in [-0.2, 0) is 4.79 Å². The molecular formula is C20H23NO3. The molecule has 1 atom stereocenters. The van der Waals surface area contributed by atoms with Crippen LogP contribution in [0.1, 0.15) is 45.9 Å². The molecule has 2 N–H and O–H groups in total. The number of aliphatic hydroxyl groups excluding tert-OH is 1. The van der Waals surface area contributed by atoms with Crippen LogP contribution in [0.25, 0.3) is 0 Å². The Balaban J connectivity index is 1.93. The molecule has 0 bridgehead atoms. The molecule has 0 spiro atoms. The van der Waals surface area contributed by atoms with E-state index in [0.717, 1.165) is 16.7 Å². The molecular weight excluding hydrogens is 302 g/mol. The van der Waals surface area contributed by atoms with Gasteiger partial charge in [-0.25, -0.2) is 0 Å². The van der Waals surface area contributed by atoms with Crippen LogP contribution in [-0.4, -0.2) is 23.4 Å². The van der Waals surface area contributed by atoms with E-state index in [1.54, 1.807) is 0 Å². The van der Waals surface area contributed by atoms with Crippen molar-refractivity contribution < 1.29 is 14.7 Å². The van der Waals surface area contributed by atoms with E-state index in [1.165, 1.54) is 0 Å². The number of rotatable bonds is 7. The minimum absolute atomic E-state index is 0.0355. The summed E-state index contributed by atoms with van der Waals surface area (Å²) in [5, 5.41) is 12.2. The van der Waals surface area contributed by atoms with Gasteiger partial charge in [-0.3, -0.25) is 9.59 Å². The van der Waals surface area contributed by atoms with Gasteiger partial charge in [0.1, 0.15) is 0 Å². The lowest BCUT2D eigenvalue weighted by atomic mass is 9.99. The molecule has 0 heterocycles. The van der Waals surface area contributed by atoms with Gasteiger partial charge in [-0.2, -0.15) is 0 Å². The second-order valence-electron chi connectivity index (χ2n) is 5.95. The maximum Gasteiger partial charge on any atom is 0.221 e. The molecule has 4 heteroatoms. The lowest BCUT2D eigenvalue weighted by Gasteiger charge is -2.16. The molecule has 1 unspecified atom stereocenters. The molecule has 2 aromatic rings. The molecule has 2 aromatic carbocycles. The van der Waals surface area contributed by atoms with E-state index in [0.29, 0.717) is 5.56 Å². The third-order valence-corrected chi connectivity index (χ3v) is 3.99. The van der Waals surface area contributed by atoms with Gasteiger partial charge in [-0.15, -0.1) is 0 Å². The molecule has 24 heavy (non-hydrogen) atoms. The van der Waals surface area contributed by atoms with Gasteiger partial charge in [0, 0.05) is 18.4 Å². The fourth-order valence-electron chi connectivity index (χ4n) is 2.58. The number of carbonyl (C=O) groups is 2. The van der Waals surface area contributed by atoms with Crippen molar-refractivity contribution in [3.63, 3.8) is 0 Å². The average molecular weight is 325 g/mol. The second kappa shape index (κ2) is 8.41. The minimum Gasteiger partial charge on any atom is -0.394 e. The number of amides is 1. The maximum absolute atomic E-state index is 12.3. The highest BCUT2D eigenvalue weighted by atomic mass is 16.3. The Kier molecular flexibility index (Phi) is 6.27. The molecule has 0 saturated heterocycles. The van der Waals surface area contributed by atoms with Crippen LogP contribution >= 0.6 is 0 Å². The lowest BCUT2D eigenvalue weighted by molar-refractivity contribution is -0.122. The molecule has 0 radical (unpaired) electrons. The Labute approximate surface area is 142 Å². The number of benzene rings is 2. The Morgan fingerprint density at radius 2 is 1.75 bits per heavy atom. The van der Waals surface area contributed by atoms with Gasteiger partial charge in [0.2, 0.25) is 5.91 Å². The first-order chi connectivity index (χ1) is 11.5. The molecule has 0 aliphatic heterocycles. The van der Waals surface area contributed by atoms with E-state index >= 15 is 0 Å². The predicted octanol–water partition coefficient (Wildman–Crippen LogP) is 3.12. The van der Waals surface area contributed by atoms with Crippen molar-refractivity contribution in [2.24, 2.45) is 0 Å². The second-order valence-corrected chi connectivity index (χ2v) is 5.95. The average Bonchev–Trinajstić information content (AvgIpc) is 2.60. The zero-order chi connectivity index (χ0) is 17.5. The zero-order valence-corrected chi connectivity index (χ0v) is 14.1. The van der Waals surface area contributed by atoms with Gasteiger partial charge < -0.3 is 10.4 Å². The number of hydrogen-bond donors (Lipinski definition) is 2. The molecule has 0 aromatic heterocycles. The third-order valence-electron chi connectivity index (χ3n) is 3.99. The summed E-state index contributed by atoms with van der Waals surface area (Å²) in [4.78, 5) is 24.4. The van der Waals surface area contributed by atoms with Crippen molar-refractivity contribution in [1.82, 2.24) is 5.32 Å². The van der Waals surface area contributed by atoms with Crippen molar-refractivity contribution in [1.29, 1.82) is 0 Å². The standard InChI is InChI=1S/C20H23NO3/c1-14-8-9-15(2)17(12-14)19(23)10-11-20(24)21-18(13-22)16-6-4-3-5-7-16/h3-9,12,18,22H,10-11,13H2,1-2H3,(H,21,24). The first-order valence-electron chi connectivity index (χ1n) is 8.07. The van der Waals surface area contributed by atoms with Crippen LogP contribution in [0, 0.1) is 13.8 Å². The van der Waals surface area contributed by atoms with Crippen molar-refractivity contribution in [2.75, 3.05) is 6.61 Å². The first-order valence-corrected chi connectivity index (χ1v) is 8.07. The van der Waals surface area contributed by atoms with Crippen LogP contribution in [0.4, 0.5) is 0 Å². The van der Waals surface area contributed by atoms with Crippen LogP contribution in [0.5, 0.6) is 0 Å². The lowest BCUT2D eigenvalue weighted by Crippen LogP contribution is -2.31. The van der Waals surface area contributed by atoms with Gasteiger partial charge in [0.25, 0.3) is 0 Å². The third kappa shape index (κ3) is 4.77. The smallest absolute Gasteiger partial charge is 0.221 e. The van der Waals surface area contributed by atoms with Gasteiger partial charge in [-0.05, 0) is 31.0 Å². The Morgan fingerprint density at radius 3 is 2.42 bits per heavy atom. The molecule has 2 rings (SSSR count). The maximum atomic E-state index is 12.3. The number of hydrogen-bond acceptors (Lipinski definition) is 3. The van der Waals surface area contributed by atoms with E-state index in [-0.39, 0.29) is 31.1 Å². The highest BCUT2D eigenvalue weighted by Gasteiger charge is 2.16. The Hall–Kier alpha value is -2.46. The van der Waals surface area contributed by atoms with Crippen LogP contribution in [0.2, 0.25) is 0 Å². The van der Waals surface area contributed by atoms with Crippen LogP contribution in [0.3, 0.4) is 0 Å². The van der Waals surface area contributed by atoms with Crippen molar-refractivity contribution in [3.8, 4) is 0 Å². The number of aryl methyl sites for hydroxylation is 2. The zero-order valence-electron chi connectivity index (χ0n) is 14.1. The van der Waals surface area contributed by atoms with Crippen LogP contribution < -0.4 is 5.32 Å². The molecule has 0 saturated carbocycles. The van der Waals surface area contributed by atoms with Crippen LogP contribution in [0.15, 0.2) is 48.5 Å². The molecule has 0 aliphatic rings. The summed E-state index contributed by atoms with van der Waals surface area (Å²) in [6.07, 6.45) is 0.263. The monoisotopic (exact) mass is 325 g/mol. The van der Waals surface area contributed by atoms with E-state index in [2.05, 4.69) is 5.32 Å². The normalized spacial score (nSPS) is 11.8. The highest BCUT2D eigenvalue weighted by Crippen LogP contribution is 2.15. The number of Topliss-reactive ketones (excluding diaryl/α,β-unsaturated/α-hetero) is 1. The Bertz CT molecular complexity index is 710. The van der Waals surface area contributed by atoms with E-state index in [1.807, 2.05) is 62.4 Å². The van der Waals surface area contributed by atoms with Gasteiger partial charge in [-0.1, -0.05) is 48.0 Å². The molecule has 0 aliphatic carbocycles. The summed E-state index contributed by atoms with van der Waals surface area (Å²) in [7, 11) is 0. The van der Waals surface area contributed by atoms with E-state index < -0.39 is 6.04 Å². The number of nitrogens with one attached hydrogen (secondary N) is 1. The minimum atomic E-state index is -0.450. The molecule has 0 fully saturated rings. The van der Waals surface area contributed by atoms with Crippen molar-refractivity contribution >= 4 is 11.7 Å². The summed E-state index contributed by atoms with van der Waals surface area (Å²) in [6.45, 7) is 3.65. The Morgan fingerprint density at radius 1 is 1.04 bits per heavy atom. The summed E-state index contributed by atoms with van der Waals surface area (Å²) in [5.74, 6) is -0.275. The van der Waals surface area contributed by atoms with Crippen molar-refractivity contribution in [3.05, 3.63) is 70.8 Å². The van der Waals surface area contributed by atoms with Gasteiger partial charge >= 0.3 is 0 Å². The largest absolute Gasteiger partial charge is 0.394 e. The first kappa shape index (κ1) is 17.9. The predicted molar refractivity (Wildman–Crippen MR) is 93.9 cm³/mol. The topological polar surface area (TPSA) is 66.4 Å². The fraction of sp³-hybridized carbons (Fsp3) is 0.300. The SMILES string of the molecule is Cc1ccc(C)c(C(=O)CCC(=O)NC(CO)c2ccccc2)c1. The fourth-order valence-corrected chi connectivity index (χ4v) is 2.58.